The molecule has 0 spiro atoms. The molecule has 5 heteroatoms. The van der Waals surface area contributed by atoms with Gasteiger partial charge in [-0.2, -0.15) is 0 Å². The van der Waals surface area contributed by atoms with Gasteiger partial charge in [0.15, 0.2) is 0 Å². The van der Waals surface area contributed by atoms with Crippen LogP contribution >= 0.6 is 11.3 Å². The van der Waals surface area contributed by atoms with Crippen LogP contribution in [0, 0.1) is 0 Å². The van der Waals surface area contributed by atoms with Crippen molar-refractivity contribution in [2.75, 3.05) is 26.7 Å². The number of carbonyl (C=O) groups is 1. The van der Waals surface area contributed by atoms with E-state index in [4.69, 9.17) is 4.74 Å². The van der Waals surface area contributed by atoms with E-state index in [2.05, 4.69) is 40.3 Å². The number of ether oxygens (including phenoxy) is 1. The molecule has 0 radical (unpaired) electrons. The lowest BCUT2D eigenvalue weighted by Crippen LogP contribution is -2.44. The van der Waals surface area contributed by atoms with Gasteiger partial charge >= 0.3 is 0 Å². The average molecular weight is 385 g/mol. The van der Waals surface area contributed by atoms with Crippen LogP contribution in [0.5, 0.6) is 5.75 Å². The zero-order valence-electron chi connectivity index (χ0n) is 16.2. The van der Waals surface area contributed by atoms with Crippen LogP contribution in [0.4, 0.5) is 0 Å². The van der Waals surface area contributed by atoms with Crippen molar-refractivity contribution in [2.45, 2.75) is 44.7 Å². The molecule has 1 saturated heterocycles. The smallest absolute Gasteiger partial charge is 0.237 e. The molecular formula is C22H28N2O2S. The maximum Gasteiger partial charge on any atom is 0.237 e. The van der Waals surface area contributed by atoms with Crippen molar-refractivity contribution >= 4 is 17.2 Å². The van der Waals surface area contributed by atoms with Crippen molar-refractivity contribution in [3.8, 4) is 5.75 Å². The second-order valence-corrected chi connectivity index (χ2v) is 8.46. The molecule has 27 heavy (non-hydrogen) atoms. The van der Waals surface area contributed by atoms with Crippen molar-refractivity contribution in [3.63, 3.8) is 0 Å². The van der Waals surface area contributed by atoms with E-state index in [1.807, 2.05) is 23.5 Å². The van der Waals surface area contributed by atoms with Gasteiger partial charge < -0.3 is 9.64 Å². The molecule has 2 aromatic rings. The second kappa shape index (κ2) is 8.03. The molecule has 144 valence electrons. The Morgan fingerprint density at radius 1 is 1.22 bits per heavy atom. The fraction of sp³-hybridized carbons (Fsp3) is 0.500. The van der Waals surface area contributed by atoms with Gasteiger partial charge in [-0.1, -0.05) is 19.1 Å². The van der Waals surface area contributed by atoms with Gasteiger partial charge in [0, 0.05) is 17.5 Å². The van der Waals surface area contributed by atoms with Crippen LogP contribution < -0.4 is 4.74 Å². The SMILES string of the molecule is CCC1c2ccsc2CCN1C(=O)CN1CCCC1c1ccc(OC)cc1. The third kappa shape index (κ3) is 3.63. The molecule has 1 amide bonds. The Bertz CT molecular complexity index is 786. The summed E-state index contributed by atoms with van der Waals surface area (Å²) in [6, 6.07) is 11.1. The van der Waals surface area contributed by atoms with E-state index in [1.54, 1.807) is 7.11 Å². The van der Waals surface area contributed by atoms with Crippen LogP contribution in [0.15, 0.2) is 35.7 Å². The summed E-state index contributed by atoms with van der Waals surface area (Å²) in [6.45, 7) is 4.56. The summed E-state index contributed by atoms with van der Waals surface area (Å²) in [5.74, 6) is 1.16. The number of rotatable bonds is 5. The zero-order chi connectivity index (χ0) is 18.8. The number of hydrogen-bond acceptors (Lipinski definition) is 4. The molecule has 0 N–H and O–H groups in total. The van der Waals surface area contributed by atoms with Gasteiger partial charge in [0.05, 0.1) is 19.7 Å². The van der Waals surface area contributed by atoms with Crippen LogP contribution in [0.2, 0.25) is 0 Å². The van der Waals surface area contributed by atoms with Crippen LogP contribution in [0.25, 0.3) is 0 Å². The maximum atomic E-state index is 13.2. The molecule has 0 aliphatic carbocycles. The largest absolute Gasteiger partial charge is 0.497 e. The highest BCUT2D eigenvalue weighted by atomic mass is 32.1. The monoisotopic (exact) mass is 384 g/mol. The highest BCUT2D eigenvalue weighted by Gasteiger charge is 2.33. The Hall–Kier alpha value is -1.85. The Balaban J connectivity index is 1.46. The van der Waals surface area contributed by atoms with Crippen molar-refractivity contribution in [1.82, 2.24) is 9.80 Å². The quantitative estimate of drug-likeness (QED) is 0.764. The van der Waals surface area contributed by atoms with Crippen LogP contribution in [0.3, 0.4) is 0 Å². The first-order valence-corrected chi connectivity index (χ1v) is 10.8. The van der Waals surface area contributed by atoms with Crippen LogP contribution in [0.1, 0.15) is 54.3 Å². The molecule has 1 fully saturated rings. The molecule has 2 aliphatic heterocycles. The van der Waals surface area contributed by atoms with Crippen molar-refractivity contribution in [3.05, 3.63) is 51.7 Å². The average Bonchev–Trinajstić information content (AvgIpc) is 3.36. The first-order valence-electron chi connectivity index (χ1n) is 9.95. The standard InChI is InChI=1S/C22H28N2O2S/c1-3-19-18-11-14-27-21(18)10-13-24(19)22(25)15-23-12-4-5-20(23)16-6-8-17(26-2)9-7-16/h6-9,11,14,19-20H,3-5,10,12-13,15H2,1-2H3. The molecule has 2 atom stereocenters. The summed E-state index contributed by atoms with van der Waals surface area (Å²) in [5, 5.41) is 2.17. The lowest BCUT2D eigenvalue weighted by atomic mass is 9.97. The van der Waals surface area contributed by atoms with Gasteiger partial charge in [0.25, 0.3) is 0 Å². The van der Waals surface area contributed by atoms with E-state index in [0.29, 0.717) is 12.6 Å². The molecule has 3 heterocycles. The molecule has 2 unspecified atom stereocenters. The molecule has 4 nitrogen and oxygen atoms in total. The minimum atomic E-state index is 0.245. The second-order valence-electron chi connectivity index (χ2n) is 7.46. The Kier molecular flexibility index (Phi) is 5.50. The highest BCUT2D eigenvalue weighted by molar-refractivity contribution is 7.10. The molecule has 2 aliphatic rings. The Labute approximate surface area is 165 Å². The van der Waals surface area contributed by atoms with Crippen LogP contribution in [-0.4, -0.2) is 42.5 Å². The maximum absolute atomic E-state index is 13.2. The van der Waals surface area contributed by atoms with Gasteiger partial charge in [-0.3, -0.25) is 9.69 Å². The molecular weight excluding hydrogens is 356 g/mol. The summed E-state index contributed by atoms with van der Waals surface area (Å²) in [5.41, 5.74) is 2.65. The molecule has 1 aromatic carbocycles. The summed E-state index contributed by atoms with van der Waals surface area (Å²) in [7, 11) is 1.69. The number of likely N-dealkylation sites (tertiary alicyclic amines) is 1. The van der Waals surface area contributed by atoms with Crippen molar-refractivity contribution in [1.29, 1.82) is 0 Å². The third-order valence-corrected chi connectivity index (χ3v) is 7.00. The summed E-state index contributed by atoms with van der Waals surface area (Å²) >= 11 is 1.83. The number of fused-ring (bicyclic) bond motifs is 1. The minimum absolute atomic E-state index is 0.245. The van der Waals surface area contributed by atoms with E-state index in [1.165, 1.54) is 16.0 Å². The van der Waals surface area contributed by atoms with Crippen molar-refractivity contribution < 1.29 is 9.53 Å². The number of nitrogens with zero attached hydrogens (tertiary/aromatic N) is 2. The third-order valence-electron chi connectivity index (χ3n) is 6.00. The van der Waals surface area contributed by atoms with E-state index >= 15 is 0 Å². The number of methoxy groups -OCH3 is 1. The Morgan fingerprint density at radius 2 is 2.04 bits per heavy atom. The predicted molar refractivity (Wildman–Crippen MR) is 109 cm³/mol. The first-order chi connectivity index (χ1) is 13.2. The van der Waals surface area contributed by atoms with Gasteiger partial charge in [-0.15, -0.1) is 11.3 Å². The lowest BCUT2D eigenvalue weighted by Gasteiger charge is -2.37. The topological polar surface area (TPSA) is 32.8 Å². The van der Waals surface area contributed by atoms with Crippen LogP contribution in [-0.2, 0) is 11.2 Å². The van der Waals surface area contributed by atoms with Gasteiger partial charge in [-0.05, 0) is 66.9 Å². The predicted octanol–water partition coefficient (Wildman–Crippen LogP) is 4.43. The number of hydrogen-bond donors (Lipinski definition) is 0. The van der Waals surface area contributed by atoms with E-state index < -0.39 is 0 Å². The summed E-state index contributed by atoms with van der Waals surface area (Å²) < 4.78 is 5.28. The number of benzene rings is 1. The lowest BCUT2D eigenvalue weighted by molar-refractivity contribution is -0.135. The Morgan fingerprint density at radius 3 is 2.78 bits per heavy atom. The van der Waals surface area contributed by atoms with E-state index in [-0.39, 0.29) is 11.9 Å². The summed E-state index contributed by atoms with van der Waals surface area (Å²) in [4.78, 5) is 19.1. The normalized spacial score (nSPS) is 22.7. The van der Waals surface area contributed by atoms with Gasteiger partial charge in [0.2, 0.25) is 5.91 Å². The van der Waals surface area contributed by atoms with Gasteiger partial charge in [0.1, 0.15) is 5.75 Å². The van der Waals surface area contributed by atoms with Crippen molar-refractivity contribution in [2.24, 2.45) is 0 Å². The minimum Gasteiger partial charge on any atom is -0.497 e. The highest BCUT2D eigenvalue weighted by Crippen LogP contribution is 2.37. The number of thiophene rings is 1. The zero-order valence-corrected chi connectivity index (χ0v) is 17.0. The molecule has 1 aromatic heterocycles. The molecule has 0 saturated carbocycles. The van der Waals surface area contributed by atoms with E-state index in [0.717, 1.165) is 44.5 Å². The number of carbonyl (C=O) groups excluding carboxylic acids is 1. The van der Waals surface area contributed by atoms with Gasteiger partial charge in [-0.25, -0.2) is 0 Å². The fourth-order valence-corrected chi connectivity index (χ4v) is 5.55. The van der Waals surface area contributed by atoms with E-state index in [9.17, 15) is 4.79 Å². The number of amides is 1. The molecule has 0 bridgehead atoms. The first kappa shape index (κ1) is 18.5. The molecule has 4 rings (SSSR count). The fourth-order valence-electron chi connectivity index (χ4n) is 4.62. The summed E-state index contributed by atoms with van der Waals surface area (Å²) in [6.07, 6.45) is 4.25.